The van der Waals surface area contributed by atoms with Gasteiger partial charge in [-0.05, 0) is 106 Å². The largest absolute Gasteiger partial charge is 0.309 e. The van der Waals surface area contributed by atoms with Crippen LogP contribution in [0.4, 0.5) is 34.1 Å². The quantitative estimate of drug-likeness (QED) is 0.151. The van der Waals surface area contributed by atoms with Gasteiger partial charge in [-0.15, -0.1) is 22.7 Å². The van der Waals surface area contributed by atoms with Gasteiger partial charge in [-0.3, -0.25) is 0 Å². The van der Waals surface area contributed by atoms with Crippen molar-refractivity contribution in [2.75, 3.05) is 9.80 Å². The minimum Gasteiger partial charge on any atom is -0.309 e. The topological polar surface area (TPSA) is 6.48 Å². The second-order valence-electron chi connectivity index (χ2n) is 15.9. The molecule has 8 aromatic carbocycles. The van der Waals surface area contributed by atoms with Crippen LogP contribution in [-0.2, 0) is 5.41 Å². The SMILES string of the molecule is C=Cc1cccc(N(c2ccc3c(c2)C(C)(C)c2cc(N(c4cccc(C=C)c4)c4cccc5c4sc4ccccc45)ccc2-3)c2cccc3c2sc2ccccc23)c1. The summed E-state index contributed by atoms with van der Waals surface area (Å²) in [6.07, 6.45) is 3.86. The van der Waals surface area contributed by atoms with Crippen molar-refractivity contribution < 1.29 is 0 Å². The van der Waals surface area contributed by atoms with E-state index in [0.29, 0.717) is 0 Å². The number of benzene rings is 8. The van der Waals surface area contributed by atoms with E-state index in [1.807, 2.05) is 34.8 Å². The third kappa shape index (κ3) is 5.59. The van der Waals surface area contributed by atoms with E-state index in [-0.39, 0.29) is 5.41 Å². The molecule has 11 rings (SSSR count). The first kappa shape index (κ1) is 35.4. The summed E-state index contributed by atoms with van der Waals surface area (Å²) >= 11 is 3.73. The molecule has 10 aromatic rings. The fourth-order valence-corrected chi connectivity index (χ4v) is 11.7. The molecule has 1 aliphatic rings. The standard InChI is InChI=1S/C55H40N2S2/c1-5-35-15-11-17-37(31-35)56(49-23-13-21-45-43-19-7-9-25-51(43)58-53(45)49)39-27-29-41-42-30-28-40(34-48(42)55(3,4)47(41)33-39)57(38-18-12-16-36(6-2)32-38)50-24-14-22-46-44-20-8-10-26-52(44)59-54(46)50/h5-34H,1-2H2,3-4H3. The molecule has 4 heteroatoms. The van der Waals surface area contributed by atoms with Crippen LogP contribution < -0.4 is 9.80 Å². The molecule has 0 amide bonds. The molecule has 0 saturated heterocycles. The molecule has 0 saturated carbocycles. The third-order valence-corrected chi connectivity index (χ3v) is 14.6. The van der Waals surface area contributed by atoms with Gasteiger partial charge in [0.1, 0.15) is 0 Å². The van der Waals surface area contributed by atoms with Gasteiger partial charge in [0.15, 0.2) is 0 Å². The van der Waals surface area contributed by atoms with Gasteiger partial charge in [0.25, 0.3) is 0 Å². The molecule has 0 fully saturated rings. The van der Waals surface area contributed by atoms with Gasteiger partial charge < -0.3 is 9.80 Å². The van der Waals surface area contributed by atoms with Crippen LogP contribution in [0, 0.1) is 0 Å². The summed E-state index contributed by atoms with van der Waals surface area (Å²) < 4.78 is 5.15. The molecule has 2 heterocycles. The molecular formula is C55H40N2S2. The highest BCUT2D eigenvalue weighted by molar-refractivity contribution is 7.26. The van der Waals surface area contributed by atoms with Crippen molar-refractivity contribution in [3.05, 3.63) is 205 Å². The Kier molecular flexibility index (Phi) is 8.23. The fourth-order valence-electron chi connectivity index (χ4n) is 9.24. The highest BCUT2D eigenvalue weighted by atomic mass is 32.1. The maximum atomic E-state index is 4.11. The van der Waals surface area contributed by atoms with Crippen LogP contribution in [0.15, 0.2) is 183 Å². The number of thiophene rings is 2. The van der Waals surface area contributed by atoms with E-state index >= 15 is 0 Å². The number of nitrogens with zero attached hydrogens (tertiary/aromatic N) is 2. The third-order valence-electron chi connectivity index (χ3n) is 12.1. The predicted octanol–water partition coefficient (Wildman–Crippen LogP) is 17.0. The fraction of sp³-hybridized carbons (Fsp3) is 0.0545. The summed E-state index contributed by atoms with van der Waals surface area (Å²) in [5.41, 5.74) is 14.0. The summed E-state index contributed by atoms with van der Waals surface area (Å²) in [5.74, 6) is 0. The summed E-state index contributed by atoms with van der Waals surface area (Å²) in [6, 6.07) is 62.5. The molecule has 0 unspecified atom stereocenters. The number of hydrogen-bond acceptors (Lipinski definition) is 4. The average Bonchev–Trinajstić information content (AvgIpc) is 3.92. The highest BCUT2D eigenvalue weighted by Gasteiger charge is 2.37. The van der Waals surface area contributed by atoms with Gasteiger partial charge in [-0.1, -0.05) is 136 Å². The lowest BCUT2D eigenvalue weighted by Gasteiger charge is -2.29. The lowest BCUT2D eigenvalue weighted by Crippen LogP contribution is -2.17. The summed E-state index contributed by atoms with van der Waals surface area (Å²) in [5, 5.41) is 5.15. The van der Waals surface area contributed by atoms with Gasteiger partial charge in [0.2, 0.25) is 0 Å². The zero-order valence-electron chi connectivity index (χ0n) is 32.9. The lowest BCUT2D eigenvalue weighted by molar-refractivity contribution is 0.660. The van der Waals surface area contributed by atoms with Crippen molar-refractivity contribution in [3.8, 4) is 11.1 Å². The Bertz CT molecular complexity index is 3100. The second-order valence-corrected chi connectivity index (χ2v) is 18.0. The molecule has 0 N–H and O–H groups in total. The molecule has 0 bridgehead atoms. The molecule has 1 aliphatic carbocycles. The molecule has 0 spiro atoms. The summed E-state index contributed by atoms with van der Waals surface area (Å²) in [4.78, 5) is 4.88. The van der Waals surface area contributed by atoms with Crippen molar-refractivity contribution in [3.63, 3.8) is 0 Å². The Morgan fingerprint density at radius 3 is 1.29 bits per heavy atom. The zero-order valence-corrected chi connectivity index (χ0v) is 34.6. The minimum absolute atomic E-state index is 0.271. The molecule has 59 heavy (non-hydrogen) atoms. The van der Waals surface area contributed by atoms with E-state index in [4.69, 9.17) is 0 Å². The van der Waals surface area contributed by atoms with Crippen LogP contribution in [0.3, 0.4) is 0 Å². The van der Waals surface area contributed by atoms with Crippen LogP contribution in [-0.4, -0.2) is 0 Å². The first-order valence-electron chi connectivity index (χ1n) is 20.1. The maximum Gasteiger partial charge on any atom is 0.0640 e. The molecular weight excluding hydrogens is 753 g/mol. The molecule has 2 nitrogen and oxygen atoms in total. The predicted molar refractivity (Wildman–Crippen MR) is 259 cm³/mol. The van der Waals surface area contributed by atoms with Crippen LogP contribution in [0.25, 0.3) is 63.6 Å². The Hall–Kier alpha value is -6.72. The van der Waals surface area contributed by atoms with Gasteiger partial charge >= 0.3 is 0 Å². The minimum atomic E-state index is -0.271. The van der Waals surface area contributed by atoms with E-state index in [9.17, 15) is 0 Å². The number of hydrogen-bond donors (Lipinski definition) is 0. The van der Waals surface area contributed by atoms with Crippen molar-refractivity contribution in [2.45, 2.75) is 19.3 Å². The van der Waals surface area contributed by atoms with Gasteiger partial charge in [0, 0.05) is 59.1 Å². The Morgan fingerprint density at radius 2 is 0.831 bits per heavy atom. The molecule has 0 aliphatic heterocycles. The van der Waals surface area contributed by atoms with Crippen molar-refractivity contribution in [2.24, 2.45) is 0 Å². The highest BCUT2D eigenvalue weighted by Crippen LogP contribution is 2.54. The van der Waals surface area contributed by atoms with Crippen molar-refractivity contribution in [1.29, 1.82) is 0 Å². The summed E-state index contributed by atoms with van der Waals surface area (Å²) in [6.45, 7) is 13.0. The van der Waals surface area contributed by atoms with E-state index < -0.39 is 0 Å². The maximum absolute atomic E-state index is 4.11. The Labute approximate surface area is 352 Å². The number of anilines is 6. The zero-order chi connectivity index (χ0) is 39.8. The van der Waals surface area contributed by atoms with Crippen LogP contribution in [0.1, 0.15) is 36.1 Å². The average molecular weight is 793 g/mol. The van der Waals surface area contributed by atoms with E-state index in [1.165, 1.54) is 74.0 Å². The smallest absolute Gasteiger partial charge is 0.0640 e. The summed E-state index contributed by atoms with van der Waals surface area (Å²) in [7, 11) is 0. The molecule has 0 radical (unpaired) electrons. The lowest BCUT2D eigenvalue weighted by atomic mass is 9.82. The van der Waals surface area contributed by atoms with Gasteiger partial charge in [0.05, 0.1) is 20.8 Å². The molecule has 2 aromatic heterocycles. The Balaban J connectivity index is 1.07. The van der Waals surface area contributed by atoms with Crippen molar-refractivity contribution in [1.82, 2.24) is 0 Å². The van der Waals surface area contributed by atoms with Crippen LogP contribution >= 0.6 is 22.7 Å². The number of fused-ring (bicyclic) bond motifs is 9. The molecule has 0 atom stereocenters. The second kappa shape index (κ2) is 13.7. The normalized spacial score (nSPS) is 12.8. The van der Waals surface area contributed by atoms with Crippen LogP contribution in [0.5, 0.6) is 0 Å². The monoisotopic (exact) mass is 792 g/mol. The molecule has 282 valence electrons. The first-order valence-corrected chi connectivity index (χ1v) is 21.7. The Morgan fingerprint density at radius 1 is 0.424 bits per heavy atom. The number of rotatable bonds is 8. The van der Waals surface area contributed by atoms with E-state index in [1.54, 1.807) is 0 Å². The van der Waals surface area contributed by atoms with E-state index in [2.05, 4.69) is 207 Å². The first-order chi connectivity index (χ1) is 28.9. The van der Waals surface area contributed by atoms with Gasteiger partial charge in [-0.25, -0.2) is 0 Å². The van der Waals surface area contributed by atoms with Crippen LogP contribution in [0.2, 0.25) is 0 Å². The van der Waals surface area contributed by atoms with Gasteiger partial charge in [-0.2, -0.15) is 0 Å². The van der Waals surface area contributed by atoms with Crippen molar-refractivity contribution >= 4 is 109 Å². The van der Waals surface area contributed by atoms with E-state index in [0.717, 1.165) is 33.9 Å².